The number of thiocarbonyl (C=S) groups is 1. The van der Waals surface area contributed by atoms with Crippen molar-refractivity contribution in [1.82, 2.24) is 9.78 Å². The monoisotopic (exact) mass is 448 g/mol. The number of carbonyl (C=O) groups is 1. The number of nitrogens with one attached hydrogen (secondary N) is 2. The van der Waals surface area contributed by atoms with Gasteiger partial charge in [-0.2, -0.15) is 5.10 Å². The number of rotatable bonds is 6. The van der Waals surface area contributed by atoms with Gasteiger partial charge in [0.05, 0.1) is 30.6 Å². The smallest absolute Gasteiger partial charge is 0.338 e. The zero-order valence-electron chi connectivity index (χ0n) is 15.5. The van der Waals surface area contributed by atoms with E-state index in [1.54, 1.807) is 66.5 Å². The number of halogens is 2. The van der Waals surface area contributed by atoms with Gasteiger partial charge in [0.2, 0.25) is 0 Å². The van der Waals surface area contributed by atoms with E-state index in [1.165, 1.54) is 0 Å². The lowest BCUT2D eigenvalue weighted by atomic mass is 10.2. The minimum atomic E-state index is -0.356. The summed E-state index contributed by atoms with van der Waals surface area (Å²) >= 11 is 17.7. The van der Waals surface area contributed by atoms with E-state index in [0.29, 0.717) is 39.6 Å². The largest absolute Gasteiger partial charge is 0.462 e. The quantitative estimate of drug-likeness (QED) is 0.397. The number of esters is 1. The molecule has 9 heteroatoms. The molecule has 29 heavy (non-hydrogen) atoms. The van der Waals surface area contributed by atoms with Crippen molar-refractivity contribution < 1.29 is 9.53 Å². The van der Waals surface area contributed by atoms with Crippen molar-refractivity contribution in [3.8, 4) is 0 Å². The van der Waals surface area contributed by atoms with E-state index in [9.17, 15) is 4.79 Å². The zero-order valence-corrected chi connectivity index (χ0v) is 17.8. The van der Waals surface area contributed by atoms with Crippen LogP contribution < -0.4 is 10.6 Å². The molecule has 3 rings (SSSR count). The fourth-order valence-electron chi connectivity index (χ4n) is 2.56. The molecule has 0 spiro atoms. The predicted octanol–water partition coefficient (Wildman–Crippen LogP) is 5.22. The Balaban J connectivity index is 1.58. The Morgan fingerprint density at radius 1 is 1.10 bits per heavy atom. The summed E-state index contributed by atoms with van der Waals surface area (Å²) in [6, 6.07) is 12.2. The summed E-state index contributed by atoms with van der Waals surface area (Å²) in [4.78, 5) is 11.7. The van der Waals surface area contributed by atoms with Crippen LogP contribution in [0.1, 0.15) is 22.8 Å². The van der Waals surface area contributed by atoms with Gasteiger partial charge in [-0.15, -0.1) is 0 Å². The van der Waals surface area contributed by atoms with Gasteiger partial charge in [-0.25, -0.2) is 4.79 Å². The fraction of sp³-hybridized carbons (Fsp3) is 0.150. The highest BCUT2D eigenvalue weighted by Gasteiger charge is 2.09. The van der Waals surface area contributed by atoms with Crippen LogP contribution in [-0.4, -0.2) is 27.5 Å². The van der Waals surface area contributed by atoms with Crippen LogP contribution >= 0.6 is 35.4 Å². The van der Waals surface area contributed by atoms with Crippen molar-refractivity contribution in [3.05, 3.63) is 76.0 Å². The number of anilines is 2. The molecule has 0 fully saturated rings. The zero-order chi connectivity index (χ0) is 20.8. The van der Waals surface area contributed by atoms with Crippen LogP contribution in [0.2, 0.25) is 10.0 Å². The maximum atomic E-state index is 11.7. The van der Waals surface area contributed by atoms with Crippen molar-refractivity contribution in [1.29, 1.82) is 0 Å². The molecule has 1 heterocycles. The molecule has 2 N–H and O–H groups in total. The number of carbonyl (C=O) groups excluding carboxylic acids is 1. The SMILES string of the molecule is CCOC(=O)c1ccc(NC(=S)Nc2cnn(Cc3c(Cl)cccc3Cl)c2)cc1. The Bertz CT molecular complexity index is 1000. The highest BCUT2D eigenvalue weighted by Crippen LogP contribution is 2.25. The molecular formula is C20H18Cl2N4O2S. The summed E-state index contributed by atoms with van der Waals surface area (Å²) in [5.41, 5.74) is 2.74. The van der Waals surface area contributed by atoms with E-state index in [4.69, 9.17) is 40.2 Å². The van der Waals surface area contributed by atoms with Crippen LogP contribution in [0.3, 0.4) is 0 Å². The minimum absolute atomic E-state index is 0.337. The summed E-state index contributed by atoms with van der Waals surface area (Å²) in [7, 11) is 0. The first-order valence-electron chi connectivity index (χ1n) is 8.77. The first kappa shape index (κ1) is 21.1. The van der Waals surface area contributed by atoms with Gasteiger partial charge in [0, 0.05) is 27.5 Å². The van der Waals surface area contributed by atoms with E-state index < -0.39 is 0 Å². The van der Waals surface area contributed by atoms with Crippen LogP contribution in [0.5, 0.6) is 0 Å². The molecule has 0 aliphatic carbocycles. The Morgan fingerprint density at radius 3 is 2.41 bits per heavy atom. The van der Waals surface area contributed by atoms with Crippen LogP contribution in [0.25, 0.3) is 0 Å². The summed E-state index contributed by atoms with van der Waals surface area (Å²) in [6.45, 7) is 2.54. The molecule has 150 valence electrons. The van der Waals surface area contributed by atoms with Crippen molar-refractivity contribution in [2.75, 3.05) is 17.2 Å². The Kier molecular flexibility index (Phi) is 7.09. The highest BCUT2D eigenvalue weighted by molar-refractivity contribution is 7.80. The van der Waals surface area contributed by atoms with E-state index in [-0.39, 0.29) is 5.97 Å². The van der Waals surface area contributed by atoms with Crippen LogP contribution in [0, 0.1) is 0 Å². The second kappa shape index (κ2) is 9.73. The number of nitrogens with zero attached hydrogens (tertiary/aromatic N) is 2. The second-order valence-corrected chi connectivity index (χ2v) is 7.23. The summed E-state index contributed by atoms with van der Waals surface area (Å²) in [5, 5.41) is 12.0. The van der Waals surface area contributed by atoms with Crippen molar-refractivity contribution in [3.63, 3.8) is 0 Å². The van der Waals surface area contributed by atoms with Crippen molar-refractivity contribution in [2.45, 2.75) is 13.5 Å². The number of benzene rings is 2. The molecule has 0 amide bonds. The van der Waals surface area contributed by atoms with Crippen LogP contribution in [-0.2, 0) is 11.3 Å². The first-order chi connectivity index (χ1) is 14.0. The topological polar surface area (TPSA) is 68.2 Å². The number of aromatic nitrogens is 2. The Labute approximate surface area is 183 Å². The molecule has 0 saturated carbocycles. The lowest BCUT2D eigenvalue weighted by Gasteiger charge is -2.10. The fourth-order valence-corrected chi connectivity index (χ4v) is 3.31. The molecule has 0 aliphatic rings. The first-order valence-corrected chi connectivity index (χ1v) is 9.93. The lowest BCUT2D eigenvalue weighted by Crippen LogP contribution is -2.18. The van der Waals surface area contributed by atoms with Gasteiger partial charge in [-0.1, -0.05) is 29.3 Å². The normalized spacial score (nSPS) is 10.4. The lowest BCUT2D eigenvalue weighted by molar-refractivity contribution is 0.0526. The summed E-state index contributed by atoms with van der Waals surface area (Å²) in [6.07, 6.45) is 3.46. The summed E-state index contributed by atoms with van der Waals surface area (Å²) < 4.78 is 6.68. The molecule has 2 aromatic carbocycles. The maximum absolute atomic E-state index is 11.7. The Hall–Kier alpha value is -2.61. The van der Waals surface area contributed by atoms with Gasteiger partial charge in [0.25, 0.3) is 0 Å². The molecule has 0 saturated heterocycles. The Morgan fingerprint density at radius 2 is 1.76 bits per heavy atom. The standard InChI is InChI=1S/C20H18Cl2N4O2S/c1-2-28-19(27)13-6-8-14(9-7-13)24-20(29)25-15-10-23-26(11-15)12-16-17(21)4-3-5-18(16)22/h3-11H,2,12H2,1H3,(H2,24,25,29). The van der Waals surface area contributed by atoms with E-state index in [2.05, 4.69) is 15.7 Å². The highest BCUT2D eigenvalue weighted by atomic mass is 35.5. The molecule has 0 bridgehead atoms. The molecule has 6 nitrogen and oxygen atoms in total. The average Bonchev–Trinajstić information content (AvgIpc) is 3.12. The molecule has 0 aliphatic heterocycles. The molecule has 3 aromatic rings. The van der Waals surface area contributed by atoms with Crippen molar-refractivity contribution >= 4 is 57.9 Å². The molecule has 1 aromatic heterocycles. The van der Waals surface area contributed by atoms with E-state index >= 15 is 0 Å². The van der Waals surface area contributed by atoms with Crippen LogP contribution in [0.4, 0.5) is 11.4 Å². The van der Waals surface area contributed by atoms with Gasteiger partial charge in [-0.3, -0.25) is 4.68 Å². The van der Waals surface area contributed by atoms with E-state index in [0.717, 1.165) is 11.3 Å². The summed E-state index contributed by atoms with van der Waals surface area (Å²) in [5.74, 6) is -0.356. The van der Waals surface area contributed by atoms with Crippen LogP contribution in [0.15, 0.2) is 54.9 Å². The van der Waals surface area contributed by atoms with Gasteiger partial charge in [0.15, 0.2) is 5.11 Å². The second-order valence-electron chi connectivity index (χ2n) is 6.00. The minimum Gasteiger partial charge on any atom is -0.462 e. The molecule has 0 atom stereocenters. The number of hydrogen-bond donors (Lipinski definition) is 2. The number of hydrogen-bond acceptors (Lipinski definition) is 4. The predicted molar refractivity (Wildman–Crippen MR) is 120 cm³/mol. The average molecular weight is 449 g/mol. The molecule has 0 radical (unpaired) electrons. The molecule has 0 unspecified atom stereocenters. The van der Waals surface area contributed by atoms with Crippen molar-refractivity contribution in [2.24, 2.45) is 0 Å². The van der Waals surface area contributed by atoms with Gasteiger partial charge < -0.3 is 15.4 Å². The van der Waals surface area contributed by atoms with Gasteiger partial charge >= 0.3 is 5.97 Å². The number of ether oxygens (including phenoxy) is 1. The third-order valence-corrected chi connectivity index (χ3v) is 4.84. The van der Waals surface area contributed by atoms with E-state index in [1.807, 2.05) is 0 Å². The van der Waals surface area contributed by atoms with Gasteiger partial charge in [0.1, 0.15) is 0 Å². The maximum Gasteiger partial charge on any atom is 0.338 e. The third-order valence-electron chi connectivity index (χ3n) is 3.93. The molecular weight excluding hydrogens is 431 g/mol. The van der Waals surface area contributed by atoms with Gasteiger partial charge in [-0.05, 0) is 55.5 Å². The third kappa shape index (κ3) is 5.69.